The smallest absolute Gasteiger partial charge is 0.221 e. The van der Waals surface area contributed by atoms with Crippen LogP contribution in [0.4, 0.5) is 0 Å². The standard InChI is InChI=1S/C14H29N3O3/c1-4-6-7-8-9-10-12(18)15-14(17-20)13(16-19)11(3)5-2/h11,13-14,17,20H,4-10H2,1-3H3,(H,15,18). The Kier molecular flexibility index (Phi) is 11.2. The molecular formula is C14H29N3O3. The highest BCUT2D eigenvalue weighted by molar-refractivity contribution is 5.76. The maximum Gasteiger partial charge on any atom is 0.221 e. The van der Waals surface area contributed by atoms with E-state index >= 15 is 0 Å². The highest BCUT2D eigenvalue weighted by Gasteiger charge is 2.27. The van der Waals surface area contributed by atoms with Gasteiger partial charge >= 0.3 is 0 Å². The molecule has 0 radical (unpaired) electrons. The van der Waals surface area contributed by atoms with Gasteiger partial charge in [0.05, 0.1) is 0 Å². The average Bonchev–Trinajstić information content (AvgIpc) is 2.46. The predicted octanol–water partition coefficient (Wildman–Crippen LogP) is 2.95. The molecule has 6 heteroatoms. The molecule has 0 aromatic rings. The summed E-state index contributed by atoms with van der Waals surface area (Å²) in [5.74, 6) is -0.174. The van der Waals surface area contributed by atoms with Crippen LogP contribution in [0.5, 0.6) is 0 Å². The molecule has 0 aliphatic carbocycles. The Morgan fingerprint density at radius 3 is 2.35 bits per heavy atom. The first-order valence-corrected chi connectivity index (χ1v) is 7.62. The number of hydroxylamine groups is 1. The molecule has 0 fully saturated rings. The third kappa shape index (κ3) is 7.55. The summed E-state index contributed by atoms with van der Waals surface area (Å²) < 4.78 is 0. The summed E-state index contributed by atoms with van der Waals surface area (Å²) in [7, 11) is 0. The van der Waals surface area contributed by atoms with Gasteiger partial charge in [-0.15, -0.1) is 0 Å². The van der Waals surface area contributed by atoms with E-state index in [1.165, 1.54) is 12.8 Å². The minimum absolute atomic E-state index is 0.0120. The van der Waals surface area contributed by atoms with E-state index in [1.54, 1.807) is 0 Å². The molecule has 0 saturated heterocycles. The first-order chi connectivity index (χ1) is 9.60. The molecule has 0 aliphatic rings. The fourth-order valence-electron chi connectivity index (χ4n) is 2.06. The van der Waals surface area contributed by atoms with Crippen LogP contribution in [0.15, 0.2) is 5.18 Å². The third-order valence-corrected chi connectivity index (χ3v) is 3.65. The maximum absolute atomic E-state index is 11.8. The molecule has 0 spiro atoms. The molecule has 0 aromatic heterocycles. The van der Waals surface area contributed by atoms with Gasteiger partial charge in [0.1, 0.15) is 12.2 Å². The molecule has 0 rings (SSSR count). The van der Waals surface area contributed by atoms with Crippen molar-refractivity contribution in [1.82, 2.24) is 10.8 Å². The topological polar surface area (TPSA) is 90.8 Å². The summed E-state index contributed by atoms with van der Waals surface area (Å²) in [6.45, 7) is 5.95. The molecule has 1 amide bonds. The Hall–Kier alpha value is -1.01. The highest BCUT2D eigenvalue weighted by Crippen LogP contribution is 2.14. The lowest BCUT2D eigenvalue weighted by Gasteiger charge is -2.25. The second kappa shape index (κ2) is 11.8. The Labute approximate surface area is 121 Å². The zero-order valence-electron chi connectivity index (χ0n) is 12.9. The molecule has 0 bridgehead atoms. The van der Waals surface area contributed by atoms with E-state index in [4.69, 9.17) is 5.21 Å². The number of amides is 1. The minimum atomic E-state index is -0.814. The zero-order chi connectivity index (χ0) is 15.4. The van der Waals surface area contributed by atoms with Crippen LogP contribution in [0.2, 0.25) is 0 Å². The summed E-state index contributed by atoms with van der Waals surface area (Å²) in [6.07, 6.45) is 5.70. The first-order valence-electron chi connectivity index (χ1n) is 7.62. The minimum Gasteiger partial charge on any atom is -0.337 e. The van der Waals surface area contributed by atoms with Gasteiger partial charge in [0.25, 0.3) is 0 Å². The van der Waals surface area contributed by atoms with E-state index < -0.39 is 12.2 Å². The van der Waals surface area contributed by atoms with Crippen LogP contribution in [0.25, 0.3) is 0 Å². The molecule has 20 heavy (non-hydrogen) atoms. The van der Waals surface area contributed by atoms with E-state index in [0.29, 0.717) is 6.42 Å². The molecule has 0 aromatic carbocycles. The van der Waals surface area contributed by atoms with Crippen LogP contribution in [0.1, 0.15) is 65.7 Å². The Morgan fingerprint density at radius 2 is 1.85 bits per heavy atom. The zero-order valence-corrected chi connectivity index (χ0v) is 12.9. The molecule has 3 N–H and O–H groups in total. The summed E-state index contributed by atoms with van der Waals surface area (Å²) in [5.41, 5.74) is 1.98. The van der Waals surface area contributed by atoms with Crippen molar-refractivity contribution in [1.29, 1.82) is 0 Å². The second-order valence-corrected chi connectivity index (χ2v) is 5.32. The highest BCUT2D eigenvalue weighted by atomic mass is 16.5. The van der Waals surface area contributed by atoms with Gasteiger partial charge in [-0.25, -0.2) is 0 Å². The molecular weight excluding hydrogens is 258 g/mol. The van der Waals surface area contributed by atoms with E-state index in [0.717, 1.165) is 25.7 Å². The van der Waals surface area contributed by atoms with Crippen molar-refractivity contribution in [2.24, 2.45) is 11.1 Å². The number of nitroso groups, excluding NO2 is 1. The number of nitrogens with one attached hydrogen (secondary N) is 2. The van der Waals surface area contributed by atoms with E-state index in [2.05, 4.69) is 17.4 Å². The van der Waals surface area contributed by atoms with Gasteiger partial charge in [-0.2, -0.15) is 10.4 Å². The monoisotopic (exact) mass is 287 g/mol. The van der Waals surface area contributed by atoms with Crippen LogP contribution in [-0.4, -0.2) is 23.3 Å². The van der Waals surface area contributed by atoms with Crippen molar-refractivity contribution in [3.05, 3.63) is 4.91 Å². The van der Waals surface area contributed by atoms with Gasteiger partial charge in [0.2, 0.25) is 5.91 Å². The van der Waals surface area contributed by atoms with Crippen LogP contribution < -0.4 is 10.8 Å². The molecule has 118 valence electrons. The van der Waals surface area contributed by atoms with Crippen molar-refractivity contribution in [3.63, 3.8) is 0 Å². The SMILES string of the molecule is CCCCCCCC(=O)NC(NO)C(N=O)C(C)CC. The van der Waals surface area contributed by atoms with Crippen LogP contribution in [0.3, 0.4) is 0 Å². The van der Waals surface area contributed by atoms with Crippen LogP contribution >= 0.6 is 0 Å². The van der Waals surface area contributed by atoms with Gasteiger partial charge in [0.15, 0.2) is 0 Å². The lowest BCUT2D eigenvalue weighted by molar-refractivity contribution is -0.123. The molecule has 0 aliphatic heterocycles. The Bertz CT molecular complexity index is 274. The number of carbonyl (C=O) groups is 1. The summed E-state index contributed by atoms with van der Waals surface area (Å²) in [6, 6.07) is -0.672. The number of carbonyl (C=O) groups excluding carboxylic acids is 1. The van der Waals surface area contributed by atoms with E-state index in [1.807, 2.05) is 19.3 Å². The van der Waals surface area contributed by atoms with E-state index in [9.17, 15) is 9.70 Å². The summed E-state index contributed by atoms with van der Waals surface area (Å²) in [5, 5.41) is 14.7. The molecule has 0 heterocycles. The normalized spacial score (nSPS) is 15.4. The van der Waals surface area contributed by atoms with Crippen molar-refractivity contribution >= 4 is 5.91 Å². The van der Waals surface area contributed by atoms with Crippen LogP contribution in [-0.2, 0) is 4.79 Å². The van der Waals surface area contributed by atoms with Crippen LogP contribution in [0, 0.1) is 10.8 Å². The lowest BCUT2D eigenvalue weighted by atomic mass is 9.97. The van der Waals surface area contributed by atoms with Gasteiger partial charge < -0.3 is 10.5 Å². The first kappa shape index (κ1) is 19.0. The molecule has 3 unspecified atom stereocenters. The van der Waals surface area contributed by atoms with Gasteiger partial charge in [-0.3, -0.25) is 4.79 Å². The molecule has 0 saturated carbocycles. The predicted molar refractivity (Wildman–Crippen MR) is 79.3 cm³/mol. The third-order valence-electron chi connectivity index (χ3n) is 3.65. The van der Waals surface area contributed by atoms with E-state index in [-0.39, 0.29) is 11.8 Å². The largest absolute Gasteiger partial charge is 0.337 e. The summed E-state index contributed by atoms with van der Waals surface area (Å²) >= 11 is 0. The Balaban J connectivity index is 4.13. The lowest BCUT2D eigenvalue weighted by Crippen LogP contribution is -2.52. The van der Waals surface area contributed by atoms with Crippen molar-refractivity contribution in [2.75, 3.05) is 0 Å². The Morgan fingerprint density at radius 1 is 1.20 bits per heavy atom. The number of unbranched alkanes of at least 4 members (excludes halogenated alkanes) is 4. The van der Waals surface area contributed by atoms with Gasteiger partial charge in [-0.1, -0.05) is 58.1 Å². The second-order valence-electron chi connectivity index (χ2n) is 5.32. The fraction of sp³-hybridized carbons (Fsp3) is 0.929. The average molecular weight is 287 g/mol. The summed E-state index contributed by atoms with van der Waals surface area (Å²) in [4.78, 5) is 22.6. The number of hydrogen-bond acceptors (Lipinski definition) is 5. The molecule has 3 atom stereocenters. The van der Waals surface area contributed by atoms with Gasteiger partial charge in [-0.05, 0) is 12.3 Å². The fourth-order valence-corrected chi connectivity index (χ4v) is 2.06. The van der Waals surface area contributed by atoms with Crippen molar-refractivity contribution < 1.29 is 10.0 Å². The van der Waals surface area contributed by atoms with Crippen molar-refractivity contribution in [2.45, 2.75) is 77.9 Å². The number of nitrogens with zero attached hydrogens (tertiary/aromatic N) is 1. The number of rotatable bonds is 12. The maximum atomic E-state index is 11.8. The quantitative estimate of drug-likeness (QED) is 0.223. The van der Waals surface area contributed by atoms with Crippen molar-refractivity contribution in [3.8, 4) is 0 Å². The van der Waals surface area contributed by atoms with Gasteiger partial charge in [0, 0.05) is 6.42 Å². The number of hydrogen-bond donors (Lipinski definition) is 3. The molecule has 6 nitrogen and oxygen atoms in total.